The Labute approximate surface area is 265 Å². The van der Waals surface area contributed by atoms with Crippen LogP contribution < -0.4 is 27.0 Å². The summed E-state index contributed by atoms with van der Waals surface area (Å²) in [5, 5.41) is 2.94. The van der Waals surface area contributed by atoms with E-state index in [0.29, 0.717) is 16.4 Å². The number of hydrogen-bond donors (Lipinski definition) is 1. The highest BCUT2D eigenvalue weighted by molar-refractivity contribution is 14.1. The quantitative estimate of drug-likeness (QED) is 0.280. The van der Waals surface area contributed by atoms with Crippen molar-refractivity contribution in [1.29, 1.82) is 0 Å². The van der Waals surface area contributed by atoms with E-state index in [4.69, 9.17) is 4.74 Å². The first kappa shape index (κ1) is 31.2. The minimum Gasteiger partial charge on any atom is -0.443 e. The van der Waals surface area contributed by atoms with Gasteiger partial charge in [0.25, 0.3) is 11.1 Å². The molecular weight excluding hydrogens is 684 g/mol. The summed E-state index contributed by atoms with van der Waals surface area (Å²) in [7, 11) is 1.46. The van der Waals surface area contributed by atoms with Gasteiger partial charge in [-0.25, -0.2) is 18.9 Å². The number of halogens is 2. The molecule has 4 aromatic rings. The lowest BCUT2D eigenvalue weighted by Gasteiger charge is -2.26. The SMILES string of the molecule is CC(=O)N(C(=O)OC(C)(C)C)c1cccc(-n2c(=O)n(C3CC3)c(=O)c3c(Nc4ccc(I)cc4F)n(C)c(=O)c(C)c32)c1. The topological polar surface area (TPSA) is 125 Å². The van der Waals surface area contributed by atoms with Crippen LogP contribution in [-0.2, 0) is 16.6 Å². The van der Waals surface area contributed by atoms with Crippen LogP contribution >= 0.6 is 22.6 Å². The van der Waals surface area contributed by atoms with Crippen LogP contribution in [0.25, 0.3) is 16.6 Å². The second-order valence-corrected chi connectivity index (χ2v) is 12.9. The number of aryl methyl sites for hydroxylation is 1. The minimum atomic E-state index is -0.904. The van der Waals surface area contributed by atoms with Crippen LogP contribution in [0.2, 0.25) is 0 Å². The van der Waals surface area contributed by atoms with Gasteiger partial charge in [-0.3, -0.25) is 28.1 Å². The van der Waals surface area contributed by atoms with E-state index in [2.05, 4.69) is 5.32 Å². The first-order valence-corrected chi connectivity index (χ1v) is 15.0. The zero-order valence-corrected chi connectivity index (χ0v) is 27.2. The average molecular weight is 716 g/mol. The average Bonchev–Trinajstić information content (AvgIpc) is 3.75. The number of amides is 2. The van der Waals surface area contributed by atoms with Crippen LogP contribution in [0, 0.1) is 16.3 Å². The fourth-order valence-electron chi connectivity index (χ4n) is 5.07. The molecule has 0 spiro atoms. The number of imide groups is 1. The molecule has 1 aliphatic carbocycles. The monoisotopic (exact) mass is 715 g/mol. The number of pyridine rings is 1. The van der Waals surface area contributed by atoms with Crippen LogP contribution in [0.15, 0.2) is 56.8 Å². The molecule has 2 aromatic heterocycles. The lowest BCUT2D eigenvalue weighted by atomic mass is 10.1. The third-order valence-corrected chi connectivity index (χ3v) is 7.85. The molecule has 0 radical (unpaired) electrons. The largest absolute Gasteiger partial charge is 0.443 e. The molecule has 2 amide bonds. The number of hydrogen-bond acceptors (Lipinski definition) is 7. The zero-order chi connectivity index (χ0) is 32.2. The van der Waals surface area contributed by atoms with Gasteiger partial charge in [-0.15, -0.1) is 0 Å². The van der Waals surface area contributed by atoms with Crippen molar-refractivity contribution in [2.24, 2.45) is 7.05 Å². The van der Waals surface area contributed by atoms with Crippen LogP contribution in [0.3, 0.4) is 0 Å². The van der Waals surface area contributed by atoms with Crippen LogP contribution in [0.5, 0.6) is 0 Å². The van der Waals surface area contributed by atoms with Crippen molar-refractivity contribution >= 4 is 62.7 Å². The highest BCUT2D eigenvalue weighted by Gasteiger charge is 2.32. The molecule has 2 aromatic carbocycles. The fourth-order valence-corrected chi connectivity index (χ4v) is 5.52. The van der Waals surface area contributed by atoms with Crippen LogP contribution in [0.4, 0.5) is 26.4 Å². The van der Waals surface area contributed by atoms with Gasteiger partial charge in [0.05, 0.1) is 22.6 Å². The van der Waals surface area contributed by atoms with E-state index in [1.165, 1.54) is 54.3 Å². The molecule has 1 saturated carbocycles. The van der Waals surface area contributed by atoms with Gasteiger partial charge >= 0.3 is 11.8 Å². The minimum absolute atomic E-state index is 0.00928. The second-order valence-electron chi connectivity index (χ2n) is 11.7. The Bertz CT molecular complexity index is 2040. The fraction of sp³-hybridized carbons (Fsp3) is 0.323. The lowest BCUT2D eigenvalue weighted by Crippen LogP contribution is -2.41. The Morgan fingerprint density at radius 1 is 1.07 bits per heavy atom. The molecule has 0 aliphatic heterocycles. The number of nitrogens with zero attached hydrogens (tertiary/aromatic N) is 4. The maximum Gasteiger partial charge on any atom is 0.421 e. The predicted octanol–water partition coefficient (Wildman–Crippen LogP) is 5.27. The predicted molar refractivity (Wildman–Crippen MR) is 174 cm³/mol. The summed E-state index contributed by atoms with van der Waals surface area (Å²) >= 11 is 1.98. The molecular formula is C31H31FIN5O6. The summed E-state index contributed by atoms with van der Waals surface area (Å²) in [4.78, 5) is 68.2. The molecule has 1 N–H and O–H groups in total. The van der Waals surface area contributed by atoms with Crippen molar-refractivity contribution in [1.82, 2.24) is 13.7 Å². The number of carbonyl (C=O) groups is 2. The van der Waals surface area contributed by atoms with Gasteiger partial charge in [-0.05, 0) is 99.5 Å². The van der Waals surface area contributed by atoms with Gasteiger partial charge in [-0.1, -0.05) is 6.07 Å². The van der Waals surface area contributed by atoms with Crippen molar-refractivity contribution in [3.05, 3.63) is 88.6 Å². The summed E-state index contributed by atoms with van der Waals surface area (Å²) in [6, 6.07) is 10.2. The summed E-state index contributed by atoms with van der Waals surface area (Å²) in [5.41, 5.74) is -2.21. The maximum absolute atomic E-state index is 15.0. The Hall–Kier alpha value is -4.27. The first-order chi connectivity index (χ1) is 20.6. The molecule has 1 fully saturated rings. The molecule has 13 heteroatoms. The van der Waals surface area contributed by atoms with Crippen molar-refractivity contribution in [2.75, 3.05) is 10.2 Å². The molecule has 230 valence electrons. The summed E-state index contributed by atoms with van der Waals surface area (Å²) in [5.74, 6) is -1.19. The van der Waals surface area contributed by atoms with E-state index in [9.17, 15) is 28.4 Å². The van der Waals surface area contributed by atoms with Crippen LogP contribution in [0.1, 0.15) is 52.1 Å². The molecule has 11 nitrogen and oxygen atoms in total. The number of rotatable bonds is 5. The van der Waals surface area contributed by atoms with E-state index in [1.807, 2.05) is 22.6 Å². The first-order valence-electron chi connectivity index (χ1n) is 13.9. The highest BCUT2D eigenvalue weighted by atomic mass is 127. The van der Waals surface area contributed by atoms with Gasteiger partial charge in [-0.2, -0.15) is 0 Å². The molecule has 5 rings (SSSR count). The Morgan fingerprint density at radius 2 is 1.75 bits per heavy atom. The third-order valence-electron chi connectivity index (χ3n) is 7.18. The van der Waals surface area contributed by atoms with Gasteiger partial charge in [0.1, 0.15) is 22.6 Å². The molecule has 1 aliphatic rings. The van der Waals surface area contributed by atoms with Crippen molar-refractivity contribution in [3.63, 3.8) is 0 Å². The molecule has 2 heterocycles. The summed E-state index contributed by atoms with van der Waals surface area (Å²) in [6.07, 6.45) is 0.311. The lowest BCUT2D eigenvalue weighted by molar-refractivity contribution is -0.116. The van der Waals surface area contributed by atoms with Crippen LogP contribution in [-0.4, -0.2) is 31.3 Å². The molecule has 44 heavy (non-hydrogen) atoms. The number of aromatic nitrogens is 3. The van der Waals surface area contributed by atoms with Crippen molar-refractivity contribution < 1.29 is 18.7 Å². The molecule has 0 bridgehead atoms. The Balaban J connectivity index is 1.83. The number of ether oxygens (including phenoxy) is 1. The zero-order valence-electron chi connectivity index (χ0n) is 25.0. The van der Waals surface area contributed by atoms with Gasteiger partial charge in [0, 0.05) is 29.1 Å². The summed E-state index contributed by atoms with van der Waals surface area (Å²) < 4.78 is 24.7. The highest BCUT2D eigenvalue weighted by Crippen LogP contribution is 2.34. The van der Waals surface area contributed by atoms with E-state index in [-0.39, 0.29) is 45.4 Å². The van der Waals surface area contributed by atoms with E-state index in [1.54, 1.807) is 39.0 Å². The number of benzene rings is 2. The second kappa shape index (κ2) is 11.3. The molecule has 0 unspecified atom stereocenters. The normalized spacial score (nSPS) is 13.2. The molecule has 0 saturated heterocycles. The van der Waals surface area contributed by atoms with Gasteiger partial charge in [0.2, 0.25) is 5.91 Å². The smallest absolute Gasteiger partial charge is 0.421 e. The Morgan fingerprint density at radius 3 is 2.34 bits per heavy atom. The number of fused-ring (bicyclic) bond motifs is 1. The van der Waals surface area contributed by atoms with Crippen molar-refractivity contribution in [3.8, 4) is 5.69 Å². The van der Waals surface area contributed by atoms with Gasteiger partial charge < -0.3 is 10.1 Å². The Kier molecular flexibility index (Phi) is 8.03. The standard InChI is InChI=1S/C31H31FIN5O6/c1-16-25-24(26(35(6)27(16)40)34-23-13-10-18(33)14-22(23)32)28(41)38(19-11-12-19)29(42)37(25)21-9-7-8-20(15-21)36(17(2)39)30(43)44-31(3,4)5/h7-10,13-15,19,34H,11-12H2,1-6H3. The van der Waals surface area contributed by atoms with Gasteiger partial charge in [0.15, 0.2) is 0 Å². The number of anilines is 3. The van der Waals surface area contributed by atoms with E-state index >= 15 is 0 Å². The van der Waals surface area contributed by atoms with E-state index < -0.39 is 40.2 Å². The summed E-state index contributed by atoms with van der Waals surface area (Å²) in [6.45, 7) is 7.72. The van der Waals surface area contributed by atoms with E-state index in [0.717, 1.165) is 9.47 Å². The number of carbonyl (C=O) groups excluding carboxylic acids is 2. The van der Waals surface area contributed by atoms with Crippen molar-refractivity contribution in [2.45, 2.75) is 59.1 Å². The maximum atomic E-state index is 15.0. The molecule has 0 atom stereocenters. The number of nitrogens with one attached hydrogen (secondary N) is 1. The third kappa shape index (κ3) is 5.67.